The number of carbonyl (C=O) groups is 1. The van der Waals surface area contributed by atoms with Gasteiger partial charge in [0.15, 0.2) is 5.13 Å². The molecule has 0 saturated carbocycles. The molecule has 2 aromatic carbocycles. The Morgan fingerprint density at radius 1 is 1.11 bits per heavy atom. The van der Waals surface area contributed by atoms with Crippen LogP contribution < -0.4 is 4.90 Å². The Bertz CT molecular complexity index is 1500. The van der Waals surface area contributed by atoms with Gasteiger partial charge in [-0.25, -0.2) is 13.4 Å². The Morgan fingerprint density at radius 3 is 2.62 bits per heavy atom. The quantitative estimate of drug-likeness (QED) is 0.299. The van der Waals surface area contributed by atoms with E-state index in [-0.39, 0.29) is 16.8 Å². The molecule has 1 aliphatic heterocycles. The average molecular weight is 535 g/mol. The number of hydrogen-bond acceptors (Lipinski definition) is 6. The van der Waals surface area contributed by atoms with Crippen molar-refractivity contribution in [2.45, 2.75) is 57.0 Å². The third-order valence-corrected chi connectivity index (χ3v) is 9.91. The van der Waals surface area contributed by atoms with E-state index in [0.717, 1.165) is 47.0 Å². The van der Waals surface area contributed by atoms with Crippen LogP contribution in [0.1, 0.15) is 54.1 Å². The molecule has 1 saturated heterocycles. The number of sulfonamides is 1. The zero-order valence-electron chi connectivity index (χ0n) is 21.0. The largest absolute Gasteiger partial charge is 0.279 e. The van der Waals surface area contributed by atoms with E-state index in [9.17, 15) is 13.2 Å². The van der Waals surface area contributed by atoms with Crippen molar-refractivity contribution in [1.29, 1.82) is 0 Å². The van der Waals surface area contributed by atoms with Crippen LogP contribution in [0.5, 0.6) is 0 Å². The molecule has 5 rings (SSSR count). The first-order chi connectivity index (χ1) is 17.9. The van der Waals surface area contributed by atoms with Crippen molar-refractivity contribution in [3.8, 4) is 0 Å². The summed E-state index contributed by atoms with van der Waals surface area (Å²) in [5, 5.41) is 0.592. The van der Waals surface area contributed by atoms with Gasteiger partial charge in [0.25, 0.3) is 5.91 Å². The van der Waals surface area contributed by atoms with Crippen LogP contribution in [0, 0.1) is 6.92 Å². The number of carbonyl (C=O) groups excluding carboxylic acids is 1. The summed E-state index contributed by atoms with van der Waals surface area (Å²) < 4.78 is 29.4. The third kappa shape index (κ3) is 5.16. The molecule has 1 unspecified atom stereocenters. The fourth-order valence-corrected chi connectivity index (χ4v) is 7.66. The van der Waals surface area contributed by atoms with Gasteiger partial charge in [-0.1, -0.05) is 42.9 Å². The fourth-order valence-electron chi connectivity index (χ4n) is 4.85. The maximum absolute atomic E-state index is 13.8. The average Bonchev–Trinajstić information content (AvgIpc) is 3.37. The van der Waals surface area contributed by atoms with Gasteiger partial charge < -0.3 is 0 Å². The number of fused-ring (bicyclic) bond motifs is 1. The number of rotatable bonds is 7. The molecule has 0 aliphatic carbocycles. The van der Waals surface area contributed by atoms with Gasteiger partial charge in [0, 0.05) is 30.5 Å². The molecule has 0 radical (unpaired) electrons. The van der Waals surface area contributed by atoms with Gasteiger partial charge in [-0.05, 0) is 73.7 Å². The van der Waals surface area contributed by atoms with Crippen LogP contribution in [-0.4, -0.2) is 41.2 Å². The standard InChI is InChI=1S/C28H30N4O3S2/c1-3-23-10-4-5-17-32(23)37(34,35)24-14-12-22(13-15-24)27(33)31(19-21-9-7-16-29-18-21)28-30-26-20(2)8-6-11-25(26)36-28/h6-9,11-16,18,23H,3-5,10,17,19H2,1-2H3. The highest BCUT2D eigenvalue weighted by molar-refractivity contribution is 7.89. The molecular formula is C28H30N4O3S2. The molecule has 7 nitrogen and oxygen atoms in total. The minimum atomic E-state index is -3.62. The normalized spacial score (nSPS) is 16.6. The first kappa shape index (κ1) is 25.5. The van der Waals surface area contributed by atoms with E-state index < -0.39 is 10.0 Å². The van der Waals surface area contributed by atoms with Crippen LogP contribution in [0.2, 0.25) is 0 Å². The van der Waals surface area contributed by atoms with Crippen molar-refractivity contribution in [2.75, 3.05) is 11.4 Å². The molecule has 4 aromatic rings. The van der Waals surface area contributed by atoms with Crippen LogP contribution in [0.25, 0.3) is 10.2 Å². The smallest absolute Gasteiger partial charge is 0.260 e. The van der Waals surface area contributed by atoms with E-state index in [4.69, 9.17) is 4.98 Å². The molecule has 2 aromatic heterocycles. The van der Waals surface area contributed by atoms with Gasteiger partial charge in [-0.2, -0.15) is 4.31 Å². The molecule has 1 amide bonds. The maximum Gasteiger partial charge on any atom is 0.260 e. The van der Waals surface area contributed by atoms with Crippen LogP contribution in [-0.2, 0) is 16.6 Å². The molecule has 37 heavy (non-hydrogen) atoms. The Morgan fingerprint density at radius 2 is 1.92 bits per heavy atom. The van der Waals surface area contributed by atoms with Gasteiger partial charge >= 0.3 is 0 Å². The number of hydrogen-bond donors (Lipinski definition) is 0. The van der Waals surface area contributed by atoms with Crippen LogP contribution in [0.3, 0.4) is 0 Å². The highest BCUT2D eigenvalue weighted by atomic mass is 32.2. The summed E-state index contributed by atoms with van der Waals surface area (Å²) in [5.74, 6) is -0.242. The highest BCUT2D eigenvalue weighted by Gasteiger charge is 2.32. The number of pyridine rings is 1. The number of piperidine rings is 1. The number of aromatic nitrogens is 2. The molecule has 3 heterocycles. The van der Waals surface area contributed by atoms with Gasteiger partial charge in [-0.15, -0.1) is 0 Å². The van der Waals surface area contributed by atoms with E-state index in [2.05, 4.69) is 4.98 Å². The lowest BCUT2D eigenvalue weighted by Crippen LogP contribution is -2.43. The molecule has 1 fully saturated rings. The van der Waals surface area contributed by atoms with E-state index in [1.54, 1.807) is 45.9 Å². The lowest BCUT2D eigenvalue weighted by Gasteiger charge is -2.34. The second-order valence-electron chi connectivity index (χ2n) is 9.37. The van der Waals surface area contributed by atoms with Gasteiger partial charge in [0.1, 0.15) is 0 Å². The summed E-state index contributed by atoms with van der Waals surface area (Å²) in [6.45, 7) is 4.87. The number of anilines is 1. The Hall–Kier alpha value is -3.14. The topological polar surface area (TPSA) is 83.5 Å². The summed E-state index contributed by atoms with van der Waals surface area (Å²) in [7, 11) is -3.62. The summed E-state index contributed by atoms with van der Waals surface area (Å²) in [4.78, 5) is 24.6. The third-order valence-electron chi connectivity index (χ3n) is 6.90. The summed E-state index contributed by atoms with van der Waals surface area (Å²) >= 11 is 1.46. The van der Waals surface area contributed by atoms with Crippen molar-refractivity contribution in [3.05, 3.63) is 83.7 Å². The zero-order chi connectivity index (χ0) is 26.0. The fraction of sp³-hybridized carbons (Fsp3) is 0.321. The molecule has 0 bridgehead atoms. The predicted octanol–water partition coefficient (Wildman–Crippen LogP) is 5.80. The van der Waals surface area contributed by atoms with Gasteiger partial charge in [0.05, 0.1) is 21.7 Å². The number of nitrogens with zero attached hydrogens (tertiary/aromatic N) is 4. The maximum atomic E-state index is 13.8. The second-order valence-corrected chi connectivity index (χ2v) is 12.3. The van der Waals surface area contributed by atoms with E-state index in [0.29, 0.717) is 23.8 Å². The first-order valence-electron chi connectivity index (χ1n) is 12.6. The predicted molar refractivity (Wildman–Crippen MR) is 147 cm³/mol. The molecule has 1 atom stereocenters. The lowest BCUT2D eigenvalue weighted by molar-refractivity contribution is 0.0985. The van der Waals surface area contributed by atoms with Crippen LogP contribution in [0.15, 0.2) is 71.9 Å². The van der Waals surface area contributed by atoms with Gasteiger partial charge in [0.2, 0.25) is 10.0 Å². The Balaban J connectivity index is 1.47. The van der Waals surface area contributed by atoms with Gasteiger partial charge in [-0.3, -0.25) is 14.7 Å². The SMILES string of the molecule is CCC1CCCCN1S(=O)(=O)c1ccc(C(=O)N(Cc2cccnc2)c2nc3c(C)cccc3s2)cc1. The second kappa shape index (κ2) is 10.7. The highest BCUT2D eigenvalue weighted by Crippen LogP contribution is 2.33. The van der Waals surface area contributed by atoms with Crippen molar-refractivity contribution < 1.29 is 13.2 Å². The first-order valence-corrected chi connectivity index (χ1v) is 14.8. The van der Waals surface area contributed by atoms with E-state index in [1.165, 1.54) is 11.3 Å². The van der Waals surface area contributed by atoms with Crippen molar-refractivity contribution >= 4 is 42.6 Å². The minimum absolute atomic E-state index is 0.0255. The van der Waals surface area contributed by atoms with Crippen molar-refractivity contribution in [1.82, 2.24) is 14.3 Å². The molecule has 0 spiro atoms. The number of thiazole rings is 1. The van der Waals surface area contributed by atoms with Crippen LogP contribution >= 0.6 is 11.3 Å². The summed E-state index contributed by atoms with van der Waals surface area (Å²) in [6, 6.07) is 16.1. The molecule has 192 valence electrons. The Labute approximate surface area is 221 Å². The number of amides is 1. The summed E-state index contributed by atoms with van der Waals surface area (Å²) in [5.41, 5.74) is 3.21. The van der Waals surface area contributed by atoms with Crippen LogP contribution in [0.4, 0.5) is 5.13 Å². The Kier molecular flexibility index (Phi) is 7.37. The molecule has 9 heteroatoms. The minimum Gasteiger partial charge on any atom is -0.279 e. The molecular weight excluding hydrogens is 504 g/mol. The monoisotopic (exact) mass is 534 g/mol. The van der Waals surface area contributed by atoms with E-state index >= 15 is 0 Å². The number of aryl methyl sites for hydroxylation is 1. The molecule has 1 aliphatic rings. The summed E-state index contributed by atoms with van der Waals surface area (Å²) in [6.07, 6.45) is 7.03. The molecule has 0 N–H and O–H groups in total. The van der Waals surface area contributed by atoms with E-state index in [1.807, 2.05) is 44.2 Å². The lowest BCUT2D eigenvalue weighted by atomic mass is 10.0. The number of para-hydroxylation sites is 1. The number of benzene rings is 2. The zero-order valence-corrected chi connectivity index (χ0v) is 22.6. The van der Waals surface area contributed by atoms with Crippen molar-refractivity contribution in [3.63, 3.8) is 0 Å². The van der Waals surface area contributed by atoms with Crippen molar-refractivity contribution in [2.24, 2.45) is 0 Å².